The molecule has 0 aromatic carbocycles. The largest absolute Gasteiger partial charge is 0.348 e. The standard InChI is InChI=1S/C14H20N6O/c1-3-12(13-7-6-11(2)9-15-13)17-14(21)5-4-8-20-10-16-18-19-20/h6-7,9-10,12H,3-5,8H2,1-2H3,(H,17,21)/t12-/m0/s1. The third kappa shape index (κ3) is 4.62. The summed E-state index contributed by atoms with van der Waals surface area (Å²) >= 11 is 0. The number of carbonyl (C=O) groups is 1. The van der Waals surface area contributed by atoms with Crippen molar-refractivity contribution >= 4 is 5.91 Å². The Kier molecular flexibility index (Phi) is 5.36. The van der Waals surface area contributed by atoms with Gasteiger partial charge in [-0.05, 0) is 41.8 Å². The van der Waals surface area contributed by atoms with Gasteiger partial charge >= 0.3 is 0 Å². The predicted molar refractivity (Wildman–Crippen MR) is 77.2 cm³/mol. The van der Waals surface area contributed by atoms with Crippen LogP contribution in [0.3, 0.4) is 0 Å². The Bertz CT molecular complexity index is 551. The number of tetrazole rings is 1. The lowest BCUT2D eigenvalue weighted by Crippen LogP contribution is -2.28. The SMILES string of the molecule is CC[C@H](NC(=O)CCCn1cnnn1)c1ccc(C)cn1. The Labute approximate surface area is 123 Å². The third-order valence-corrected chi connectivity index (χ3v) is 3.22. The number of rotatable bonds is 7. The second kappa shape index (κ2) is 7.47. The van der Waals surface area contributed by atoms with E-state index in [0.717, 1.165) is 17.7 Å². The van der Waals surface area contributed by atoms with E-state index in [-0.39, 0.29) is 11.9 Å². The number of amides is 1. The molecule has 21 heavy (non-hydrogen) atoms. The van der Waals surface area contributed by atoms with E-state index in [1.165, 1.54) is 0 Å². The first kappa shape index (κ1) is 15.1. The van der Waals surface area contributed by atoms with Gasteiger partial charge in [-0.25, -0.2) is 4.68 Å². The molecule has 2 aromatic rings. The van der Waals surface area contributed by atoms with Gasteiger partial charge in [0.25, 0.3) is 0 Å². The average Bonchev–Trinajstić information content (AvgIpc) is 2.99. The molecule has 0 saturated carbocycles. The van der Waals surface area contributed by atoms with Crippen LogP contribution >= 0.6 is 0 Å². The topological polar surface area (TPSA) is 85.6 Å². The van der Waals surface area contributed by atoms with Gasteiger partial charge in [-0.3, -0.25) is 9.78 Å². The molecular weight excluding hydrogens is 268 g/mol. The van der Waals surface area contributed by atoms with E-state index in [1.54, 1.807) is 11.0 Å². The summed E-state index contributed by atoms with van der Waals surface area (Å²) in [6.07, 6.45) is 5.33. The normalized spacial score (nSPS) is 12.1. The lowest BCUT2D eigenvalue weighted by Gasteiger charge is -2.16. The van der Waals surface area contributed by atoms with Gasteiger partial charge in [0.15, 0.2) is 0 Å². The zero-order valence-corrected chi connectivity index (χ0v) is 12.4. The highest BCUT2D eigenvalue weighted by atomic mass is 16.1. The summed E-state index contributed by atoms with van der Waals surface area (Å²) in [7, 11) is 0. The van der Waals surface area contributed by atoms with Crippen LogP contribution < -0.4 is 5.32 Å². The van der Waals surface area contributed by atoms with Crippen LogP contribution in [0.4, 0.5) is 0 Å². The van der Waals surface area contributed by atoms with Gasteiger partial charge < -0.3 is 5.32 Å². The molecule has 0 aliphatic carbocycles. The van der Waals surface area contributed by atoms with E-state index in [0.29, 0.717) is 19.4 Å². The number of aryl methyl sites for hydroxylation is 2. The molecule has 2 rings (SSSR count). The summed E-state index contributed by atoms with van der Waals surface area (Å²) in [6.45, 7) is 4.67. The maximum atomic E-state index is 12.0. The van der Waals surface area contributed by atoms with E-state index < -0.39 is 0 Å². The van der Waals surface area contributed by atoms with Crippen molar-refractivity contribution in [2.75, 3.05) is 0 Å². The van der Waals surface area contributed by atoms with Gasteiger partial charge in [0.1, 0.15) is 6.33 Å². The molecule has 0 unspecified atom stereocenters. The summed E-state index contributed by atoms with van der Waals surface area (Å²) in [5.74, 6) is 0.0253. The zero-order valence-electron chi connectivity index (χ0n) is 12.4. The minimum atomic E-state index is -0.0360. The fraction of sp³-hybridized carbons (Fsp3) is 0.500. The first-order valence-corrected chi connectivity index (χ1v) is 7.11. The van der Waals surface area contributed by atoms with E-state index in [2.05, 4.69) is 25.8 Å². The quantitative estimate of drug-likeness (QED) is 0.833. The van der Waals surface area contributed by atoms with Crippen LogP contribution in [0.5, 0.6) is 0 Å². The molecule has 0 aliphatic rings. The van der Waals surface area contributed by atoms with Gasteiger partial charge in [0, 0.05) is 19.2 Å². The van der Waals surface area contributed by atoms with Crippen LogP contribution in [0, 0.1) is 6.92 Å². The highest BCUT2D eigenvalue weighted by Gasteiger charge is 2.13. The maximum Gasteiger partial charge on any atom is 0.220 e. The highest BCUT2D eigenvalue weighted by Crippen LogP contribution is 2.14. The second-order valence-electron chi connectivity index (χ2n) is 4.97. The van der Waals surface area contributed by atoms with Crippen LogP contribution in [-0.2, 0) is 11.3 Å². The summed E-state index contributed by atoms with van der Waals surface area (Å²) in [5, 5.41) is 13.9. The number of carbonyl (C=O) groups excluding carboxylic acids is 1. The van der Waals surface area contributed by atoms with E-state index >= 15 is 0 Å². The zero-order chi connectivity index (χ0) is 15.1. The number of hydrogen-bond donors (Lipinski definition) is 1. The molecule has 1 atom stereocenters. The van der Waals surface area contributed by atoms with Crippen LogP contribution in [0.25, 0.3) is 0 Å². The molecule has 112 valence electrons. The molecule has 0 spiro atoms. The van der Waals surface area contributed by atoms with Crippen LogP contribution in [-0.4, -0.2) is 31.1 Å². The summed E-state index contributed by atoms with van der Waals surface area (Å²) in [5.41, 5.74) is 2.01. The van der Waals surface area contributed by atoms with Gasteiger partial charge in [-0.2, -0.15) is 0 Å². The summed E-state index contributed by atoms with van der Waals surface area (Å²) in [6, 6.07) is 3.94. The molecular formula is C14H20N6O. The fourth-order valence-corrected chi connectivity index (χ4v) is 2.02. The molecule has 0 saturated heterocycles. The lowest BCUT2D eigenvalue weighted by atomic mass is 10.1. The van der Waals surface area contributed by atoms with Crippen LogP contribution in [0.1, 0.15) is 43.5 Å². The van der Waals surface area contributed by atoms with Crippen molar-refractivity contribution in [2.24, 2.45) is 0 Å². The summed E-state index contributed by atoms with van der Waals surface area (Å²) in [4.78, 5) is 16.4. The Balaban J connectivity index is 1.80. The molecule has 1 amide bonds. The van der Waals surface area contributed by atoms with Crippen molar-refractivity contribution in [3.8, 4) is 0 Å². The van der Waals surface area contributed by atoms with Crippen molar-refractivity contribution in [1.29, 1.82) is 0 Å². The lowest BCUT2D eigenvalue weighted by molar-refractivity contribution is -0.122. The monoisotopic (exact) mass is 288 g/mol. The highest BCUT2D eigenvalue weighted by molar-refractivity contribution is 5.76. The Morgan fingerprint density at radius 1 is 1.43 bits per heavy atom. The number of pyridine rings is 1. The molecule has 0 fully saturated rings. The van der Waals surface area contributed by atoms with Gasteiger partial charge in [-0.1, -0.05) is 13.0 Å². The molecule has 0 aliphatic heterocycles. The molecule has 7 nitrogen and oxygen atoms in total. The number of nitrogens with zero attached hydrogens (tertiary/aromatic N) is 5. The molecule has 0 radical (unpaired) electrons. The number of aromatic nitrogens is 5. The minimum Gasteiger partial charge on any atom is -0.348 e. The number of hydrogen-bond acceptors (Lipinski definition) is 5. The second-order valence-corrected chi connectivity index (χ2v) is 4.97. The molecule has 0 bridgehead atoms. The van der Waals surface area contributed by atoms with Gasteiger partial charge in [-0.15, -0.1) is 5.10 Å². The average molecular weight is 288 g/mol. The van der Waals surface area contributed by atoms with E-state index in [1.807, 2.05) is 32.2 Å². The fourth-order valence-electron chi connectivity index (χ4n) is 2.02. The first-order chi connectivity index (χ1) is 10.2. The molecule has 2 heterocycles. The number of nitrogens with one attached hydrogen (secondary N) is 1. The van der Waals surface area contributed by atoms with E-state index in [4.69, 9.17) is 0 Å². The molecule has 7 heteroatoms. The Morgan fingerprint density at radius 2 is 2.29 bits per heavy atom. The molecule has 1 N–H and O–H groups in total. The smallest absolute Gasteiger partial charge is 0.220 e. The van der Waals surface area contributed by atoms with Crippen LogP contribution in [0.2, 0.25) is 0 Å². The predicted octanol–water partition coefficient (Wildman–Crippen LogP) is 1.42. The van der Waals surface area contributed by atoms with Crippen molar-refractivity contribution in [3.63, 3.8) is 0 Å². The van der Waals surface area contributed by atoms with Crippen LogP contribution in [0.15, 0.2) is 24.7 Å². The van der Waals surface area contributed by atoms with Crippen molar-refractivity contribution in [1.82, 2.24) is 30.5 Å². The first-order valence-electron chi connectivity index (χ1n) is 7.11. The van der Waals surface area contributed by atoms with E-state index in [9.17, 15) is 4.79 Å². The maximum absolute atomic E-state index is 12.0. The van der Waals surface area contributed by atoms with Gasteiger partial charge in [0.2, 0.25) is 5.91 Å². The summed E-state index contributed by atoms with van der Waals surface area (Å²) < 4.78 is 1.62. The van der Waals surface area contributed by atoms with Crippen molar-refractivity contribution in [2.45, 2.75) is 45.7 Å². The van der Waals surface area contributed by atoms with Crippen molar-refractivity contribution in [3.05, 3.63) is 35.9 Å². The third-order valence-electron chi connectivity index (χ3n) is 3.22. The Morgan fingerprint density at radius 3 is 2.90 bits per heavy atom. The van der Waals surface area contributed by atoms with Crippen molar-refractivity contribution < 1.29 is 4.79 Å². The minimum absolute atomic E-state index is 0.0253. The van der Waals surface area contributed by atoms with Gasteiger partial charge in [0.05, 0.1) is 11.7 Å². The molecule has 2 aromatic heterocycles. The Hall–Kier alpha value is -2.31.